The number of aliphatic hydroxyl groups excluding tert-OH is 1. The third kappa shape index (κ3) is 4.58. The molecule has 0 saturated carbocycles. The lowest BCUT2D eigenvalue weighted by Crippen LogP contribution is -2.37. The summed E-state index contributed by atoms with van der Waals surface area (Å²) in [7, 11) is 1.43. The number of carbonyl (C=O) groups is 2. The molecule has 0 saturated heterocycles. The summed E-state index contributed by atoms with van der Waals surface area (Å²) in [4.78, 5) is 37.8. The van der Waals surface area contributed by atoms with Crippen LogP contribution in [0, 0.1) is 0 Å². The topological polar surface area (TPSA) is 100 Å². The van der Waals surface area contributed by atoms with Crippen molar-refractivity contribution in [2.75, 3.05) is 19.0 Å². The van der Waals surface area contributed by atoms with E-state index in [0.29, 0.717) is 32.1 Å². The standard InChI is InChI=1S/C22H21Cl2N3O4/c1-12(13-6-7-16(23)17(24)10-13)20(29)26-18-5-3-4-15-14(18)8-9-27(22(15)31)19(11-28)21(30)25-2/h3-10,12,19,28H,11H2,1-2H3,(H,25,30)(H,26,29). The number of aromatic nitrogens is 1. The molecule has 3 rings (SSSR count). The molecule has 0 spiro atoms. The van der Waals surface area contributed by atoms with Gasteiger partial charge in [-0.25, -0.2) is 0 Å². The van der Waals surface area contributed by atoms with Gasteiger partial charge in [-0.1, -0.05) is 35.3 Å². The molecule has 0 bridgehead atoms. The van der Waals surface area contributed by atoms with Crippen molar-refractivity contribution < 1.29 is 14.7 Å². The second-order valence-corrected chi connectivity index (χ2v) is 7.81. The summed E-state index contributed by atoms with van der Waals surface area (Å²) < 4.78 is 1.17. The van der Waals surface area contributed by atoms with Gasteiger partial charge in [-0.15, -0.1) is 0 Å². The van der Waals surface area contributed by atoms with Gasteiger partial charge in [0.25, 0.3) is 5.56 Å². The van der Waals surface area contributed by atoms with E-state index in [1.54, 1.807) is 49.4 Å². The number of amides is 2. The van der Waals surface area contributed by atoms with Gasteiger partial charge in [-0.2, -0.15) is 0 Å². The van der Waals surface area contributed by atoms with Crippen molar-refractivity contribution in [2.24, 2.45) is 0 Å². The molecule has 1 aromatic heterocycles. The summed E-state index contributed by atoms with van der Waals surface area (Å²) in [5.41, 5.74) is 0.707. The maximum Gasteiger partial charge on any atom is 0.259 e. The molecular weight excluding hydrogens is 441 g/mol. The van der Waals surface area contributed by atoms with Crippen LogP contribution in [0.3, 0.4) is 0 Å². The van der Waals surface area contributed by atoms with E-state index in [0.717, 1.165) is 0 Å². The van der Waals surface area contributed by atoms with Crippen LogP contribution >= 0.6 is 23.2 Å². The number of aliphatic hydroxyl groups is 1. The Morgan fingerprint density at radius 2 is 1.81 bits per heavy atom. The fourth-order valence-electron chi connectivity index (χ4n) is 3.29. The Balaban J connectivity index is 1.95. The third-order valence-electron chi connectivity index (χ3n) is 5.13. The molecule has 9 heteroatoms. The first-order chi connectivity index (χ1) is 14.8. The number of benzene rings is 2. The monoisotopic (exact) mass is 461 g/mol. The number of carbonyl (C=O) groups excluding carboxylic acids is 2. The SMILES string of the molecule is CNC(=O)C(CO)n1ccc2c(NC(=O)C(C)c3ccc(Cl)c(Cl)c3)cccc2c1=O. The Hall–Kier alpha value is -2.87. The molecule has 162 valence electrons. The van der Waals surface area contributed by atoms with Crippen molar-refractivity contribution in [1.82, 2.24) is 9.88 Å². The Morgan fingerprint density at radius 3 is 2.45 bits per heavy atom. The number of pyridine rings is 1. The van der Waals surface area contributed by atoms with Gasteiger partial charge < -0.3 is 20.3 Å². The zero-order valence-electron chi connectivity index (χ0n) is 16.9. The highest BCUT2D eigenvalue weighted by Crippen LogP contribution is 2.28. The van der Waals surface area contributed by atoms with Crippen LogP contribution in [0.4, 0.5) is 5.69 Å². The van der Waals surface area contributed by atoms with E-state index >= 15 is 0 Å². The number of hydrogen-bond acceptors (Lipinski definition) is 4. The van der Waals surface area contributed by atoms with E-state index in [9.17, 15) is 19.5 Å². The molecule has 2 unspecified atom stereocenters. The fraction of sp³-hybridized carbons (Fsp3) is 0.227. The first-order valence-electron chi connectivity index (χ1n) is 9.50. The van der Waals surface area contributed by atoms with Gasteiger partial charge in [0, 0.05) is 29.7 Å². The second-order valence-electron chi connectivity index (χ2n) is 6.99. The molecule has 2 atom stereocenters. The van der Waals surface area contributed by atoms with Crippen molar-refractivity contribution in [3.8, 4) is 0 Å². The molecule has 0 aliphatic heterocycles. The lowest BCUT2D eigenvalue weighted by Gasteiger charge is -2.18. The third-order valence-corrected chi connectivity index (χ3v) is 5.86. The van der Waals surface area contributed by atoms with E-state index in [4.69, 9.17) is 23.2 Å². The van der Waals surface area contributed by atoms with Crippen LogP contribution < -0.4 is 16.2 Å². The van der Waals surface area contributed by atoms with Crippen LogP contribution in [0.15, 0.2) is 53.5 Å². The number of fused-ring (bicyclic) bond motifs is 1. The van der Waals surface area contributed by atoms with Gasteiger partial charge in [0.05, 0.1) is 22.6 Å². The molecule has 0 aliphatic rings. The number of likely N-dealkylation sites (N-methyl/N-ethyl adjacent to an activating group) is 1. The van der Waals surface area contributed by atoms with E-state index in [-0.39, 0.29) is 5.91 Å². The van der Waals surface area contributed by atoms with Crippen LogP contribution in [-0.2, 0) is 9.59 Å². The number of anilines is 1. The second kappa shape index (κ2) is 9.51. The molecule has 2 aromatic carbocycles. The zero-order chi connectivity index (χ0) is 22.7. The summed E-state index contributed by atoms with van der Waals surface area (Å²) in [6.07, 6.45) is 1.43. The molecule has 31 heavy (non-hydrogen) atoms. The van der Waals surface area contributed by atoms with Gasteiger partial charge in [0.1, 0.15) is 6.04 Å². The molecule has 3 aromatic rings. The highest BCUT2D eigenvalue weighted by Gasteiger charge is 2.21. The van der Waals surface area contributed by atoms with Crippen LogP contribution in [0.5, 0.6) is 0 Å². The van der Waals surface area contributed by atoms with Crippen LogP contribution in [0.1, 0.15) is 24.4 Å². The maximum atomic E-state index is 12.9. The van der Waals surface area contributed by atoms with E-state index in [1.165, 1.54) is 17.8 Å². The number of rotatable bonds is 6. The Labute approximate surface area is 188 Å². The van der Waals surface area contributed by atoms with Gasteiger partial charge >= 0.3 is 0 Å². The molecule has 2 amide bonds. The molecule has 0 fully saturated rings. The van der Waals surface area contributed by atoms with Gasteiger partial charge in [0.2, 0.25) is 11.8 Å². The van der Waals surface area contributed by atoms with Crippen molar-refractivity contribution in [3.05, 3.63) is 74.6 Å². The normalized spacial score (nSPS) is 12.9. The Bertz CT molecular complexity index is 1210. The molecule has 1 heterocycles. The predicted octanol–water partition coefficient (Wildman–Crippen LogP) is 3.33. The van der Waals surface area contributed by atoms with E-state index < -0.39 is 30.0 Å². The van der Waals surface area contributed by atoms with E-state index in [1.807, 2.05) is 0 Å². The van der Waals surface area contributed by atoms with Crippen LogP contribution in [-0.4, -0.2) is 35.1 Å². The minimum atomic E-state index is -1.05. The van der Waals surface area contributed by atoms with Crippen molar-refractivity contribution >= 4 is 51.5 Å². The average Bonchev–Trinajstić information content (AvgIpc) is 2.77. The summed E-state index contributed by atoms with van der Waals surface area (Å²) in [6, 6.07) is 10.5. The van der Waals surface area contributed by atoms with Gasteiger partial charge in [-0.3, -0.25) is 14.4 Å². The first kappa shape index (κ1) is 22.8. The molecule has 7 nitrogen and oxygen atoms in total. The number of halogens is 2. The molecule has 0 radical (unpaired) electrons. The lowest BCUT2D eigenvalue weighted by atomic mass is 10.00. The van der Waals surface area contributed by atoms with Crippen LogP contribution in [0.2, 0.25) is 10.0 Å². The lowest BCUT2D eigenvalue weighted by molar-refractivity contribution is -0.125. The van der Waals surface area contributed by atoms with Gasteiger partial charge in [0.15, 0.2) is 0 Å². The van der Waals surface area contributed by atoms with Crippen LogP contribution in [0.25, 0.3) is 10.8 Å². The quantitative estimate of drug-likeness (QED) is 0.523. The van der Waals surface area contributed by atoms with Crippen molar-refractivity contribution in [3.63, 3.8) is 0 Å². The first-order valence-corrected chi connectivity index (χ1v) is 10.3. The molecule has 0 aliphatic carbocycles. The van der Waals surface area contributed by atoms with E-state index in [2.05, 4.69) is 10.6 Å². The Kier molecular flexibility index (Phi) is 7.00. The largest absolute Gasteiger partial charge is 0.394 e. The summed E-state index contributed by atoms with van der Waals surface area (Å²) >= 11 is 12.0. The molecule has 3 N–H and O–H groups in total. The maximum absolute atomic E-state index is 12.9. The Morgan fingerprint density at radius 1 is 1.06 bits per heavy atom. The average molecular weight is 462 g/mol. The summed E-state index contributed by atoms with van der Waals surface area (Å²) in [6.45, 7) is 1.21. The highest BCUT2D eigenvalue weighted by atomic mass is 35.5. The number of nitrogens with zero attached hydrogens (tertiary/aromatic N) is 1. The van der Waals surface area contributed by atoms with Crippen molar-refractivity contribution in [2.45, 2.75) is 18.9 Å². The number of hydrogen-bond donors (Lipinski definition) is 3. The highest BCUT2D eigenvalue weighted by molar-refractivity contribution is 6.42. The summed E-state index contributed by atoms with van der Waals surface area (Å²) in [5, 5.41) is 16.4. The summed E-state index contributed by atoms with van der Waals surface area (Å²) in [5.74, 6) is -1.28. The number of nitrogens with one attached hydrogen (secondary N) is 2. The van der Waals surface area contributed by atoms with Crippen molar-refractivity contribution in [1.29, 1.82) is 0 Å². The predicted molar refractivity (Wildman–Crippen MR) is 122 cm³/mol. The van der Waals surface area contributed by atoms with Gasteiger partial charge in [-0.05, 0) is 42.8 Å². The minimum absolute atomic E-state index is 0.284. The minimum Gasteiger partial charge on any atom is -0.394 e. The smallest absolute Gasteiger partial charge is 0.259 e. The zero-order valence-corrected chi connectivity index (χ0v) is 18.4. The fourth-order valence-corrected chi connectivity index (χ4v) is 3.59. The molecular formula is C22H21Cl2N3O4.